The van der Waals surface area contributed by atoms with Gasteiger partial charge >= 0.3 is 0 Å². The van der Waals surface area contributed by atoms with E-state index in [2.05, 4.69) is 35.6 Å². The topological polar surface area (TPSA) is 39.1 Å². The Labute approximate surface area is 111 Å². The second kappa shape index (κ2) is 8.14. The van der Waals surface area contributed by atoms with Gasteiger partial charge in [-0.15, -0.1) is 0 Å². The SMILES string of the molecule is CCOCCCNc1nccn1CC(C)C(C)C. The Bertz CT molecular complexity index is 323. The minimum atomic E-state index is 0.656. The van der Waals surface area contributed by atoms with Crippen molar-refractivity contribution in [1.82, 2.24) is 9.55 Å². The molecule has 0 fully saturated rings. The van der Waals surface area contributed by atoms with Gasteiger partial charge in [-0.3, -0.25) is 0 Å². The van der Waals surface area contributed by atoms with Crippen LogP contribution in [-0.4, -0.2) is 29.3 Å². The zero-order valence-corrected chi connectivity index (χ0v) is 12.1. The number of nitrogens with zero attached hydrogens (tertiary/aromatic N) is 2. The fourth-order valence-electron chi connectivity index (χ4n) is 1.66. The number of imidazole rings is 1. The van der Waals surface area contributed by atoms with Crippen LogP contribution in [0.3, 0.4) is 0 Å². The summed E-state index contributed by atoms with van der Waals surface area (Å²) in [6, 6.07) is 0. The van der Waals surface area contributed by atoms with Gasteiger partial charge in [0.25, 0.3) is 0 Å². The molecule has 1 unspecified atom stereocenters. The zero-order chi connectivity index (χ0) is 13.4. The van der Waals surface area contributed by atoms with Crippen LogP contribution in [0.15, 0.2) is 12.4 Å². The molecule has 1 N–H and O–H groups in total. The van der Waals surface area contributed by atoms with Crippen molar-refractivity contribution in [1.29, 1.82) is 0 Å². The smallest absolute Gasteiger partial charge is 0.202 e. The third-order valence-corrected chi connectivity index (χ3v) is 3.29. The number of nitrogens with one attached hydrogen (secondary N) is 1. The van der Waals surface area contributed by atoms with Crippen molar-refractivity contribution in [3.05, 3.63) is 12.4 Å². The molecule has 4 heteroatoms. The van der Waals surface area contributed by atoms with Gasteiger partial charge in [0.1, 0.15) is 0 Å². The molecule has 0 radical (unpaired) electrons. The maximum atomic E-state index is 5.31. The molecular weight excluding hydrogens is 226 g/mol. The summed E-state index contributed by atoms with van der Waals surface area (Å²) >= 11 is 0. The van der Waals surface area contributed by atoms with Gasteiger partial charge in [0.15, 0.2) is 0 Å². The average Bonchev–Trinajstić information content (AvgIpc) is 2.76. The van der Waals surface area contributed by atoms with Gasteiger partial charge in [-0.05, 0) is 25.2 Å². The highest BCUT2D eigenvalue weighted by atomic mass is 16.5. The molecule has 104 valence electrons. The third-order valence-electron chi connectivity index (χ3n) is 3.29. The summed E-state index contributed by atoms with van der Waals surface area (Å²) in [5, 5.41) is 3.37. The first-order valence-electron chi connectivity index (χ1n) is 6.97. The van der Waals surface area contributed by atoms with Gasteiger partial charge in [-0.2, -0.15) is 0 Å². The Kier molecular flexibility index (Phi) is 6.80. The Morgan fingerprint density at radius 3 is 2.83 bits per heavy atom. The van der Waals surface area contributed by atoms with Crippen molar-refractivity contribution in [2.45, 2.75) is 40.7 Å². The van der Waals surface area contributed by atoms with E-state index in [1.165, 1.54) is 0 Å². The largest absolute Gasteiger partial charge is 0.382 e. The minimum absolute atomic E-state index is 0.656. The summed E-state index contributed by atoms with van der Waals surface area (Å²) in [4.78, 5) is 4.36. The predicted molar refractivity (Wildman–Crippen MR) is 75.8 cm³/mol. The quantitative estimate of drug-likeness (QED) is 0.688. The van der Waals surface area contributed by atoms with Crippen LogP contribution in [0.25, 0.3) is 0 Å². The van der Waals surface area contributed by atoms with Crippen molar-refractivity contribution in [3.8, 4) is 0 Å². The van der Waals surface area contributed by atoms with Crippen molar-refractivity contribution >= 4 is 5.95 Å². The van der Waals surface area contributed by atoms with Crippen LogP contribution in [0.2, 0.25) is 0 Å². The molecule has 1 rings (SSSR count). The lowest BCUT2D eigenvalue weighted by Gasteiger charge is -2.18. The summed E-state index contributed by atoms with van der Waals surface area (Å²) in [6.07, 6.45) is 4.92. The fourth-order valence-corrected chi connectivity index (χ4v) is 1.66. The van der Waals surface area contributed by atoms with Crippen molar-refractivity contribution < 1.29 is 4.74 Å². The molecule has 0 aliphatic carbocycles. The molecule has 1 aromatic heterocycles. The molecule has 0 aliphatic heterocycles. The highest BCUT2D eigenvalue weighted by molar-refractivity contribution is 5.25. The lowest BCUT2D eigenvalue weighted by atomic mass is 9.98. The molecule has 1 atom stereocenters. The summed E-state index contributed by atoms with van der Waals surface area (Å²) in [7, 11) is 0. The van der Waals surface area contributed by atoms with Crippen molar-refractivity contribution in [2.75, 3.05) is 25.1 Å². The van der Waals surface area contributed by atoms with Crippen LogP contribution in [0, 0.1) is 11.8 Å². The molecule has 0 aliphatic rings. The van der Waals surface area contributed by atoms with Gasteiger partial charge in [0, 0.05) is 38.7 Å². The first-order chi connectivity index (χ1) is 8.65. The number of aromatic nitrogens is 2. The van der Waals surface area contributed by atoms with E-state index in [9.17, 15) is 0 Å². The number of ether oxygens (including phenoxy) is 1. The van der Waals surface area contributed by atoms with E-state index >= 15 is 0 Å². The van der Waals surface area contributed by atoms with Gasteiger partial charge in [-0.1, -0.05) is 20.8 Å². The van der Waals surface area contributed by atoms with Crippen molar-refractivity contribution in [3.63, 3.8) is 0 Å². The lowest BCUT2D eigenvalue weighted by Crippen LogP contribution is -2.16. The molecule has 0 saturated carbocycles. The monoisotopic (exact) mass is 253 g/mol. The summed E-state index contributed by atoms with van der Waals surface area (Å²) in [6.45, 7) is 12.4. The van der Waals surface area contributed by atoms with E-state index in [1.807, 2.05) is 19.3 Å². The Morgan fingerprint density at radius 1 is 1.39 bits per heavy atom. The average molecular weight is 253 g/mol. The number of anilines is 1. The fraction of sp³-hybridized carbons (Fsp3) is 0.786. The van der Waals surface area contributed by atoms with Crippen LogP contribution in [0.4, 0.5) is 5.95 Å². The van der Waals surface area contributed by atoms with Gasteiger partial charge in [0.05, 0.1) is 0 Å². The van der Waals surface area contributed by atoms with E-state index in [4.69, 9.17) is 4.74 Å². The normalized spacial score (nSPS) is 12.9. The minimum Gasteiger partial charge on any atom is -0.382 e. The maximum Gasteiger partial charge on any atom is 0.202 e. The number of rotatable bonds is 9. The maximum absolute atomic E-state index is 5.31. The molecule has 1 aromatic rings. The van der Waals surface area contributed by atoms with Crippen LogP contribution < -0.4 is 5.32 Å². The Morgan fingerprint density at radius 2 is 2.17 bits per heavy atom. The second-order valence-corrected chi connectivity index (χ2v) is 5.10. The van der Waals surface area contributed by atoms with Gasteiger partial charge < -0.3 is 14.6 Å². The highest BCUT2D eigenvalue weighted by Crippen LogP contribution is 2.15. The molecule has 0 saturated heterocycles. The number of hydrogen-bond acceptors (Lipinski definition) is 3. The van der Waals surface area contributed by atoms with E-state index in [-0.39, 0.29) is 0 Å². The Hall–Kier alpha value is -1.03. The molecule has 0 aromatic carbocycles. The Balaban J connectivity index is 2.35. The van der Waals surface area contributed by atoms with Crippen molar-refractivity contribution in [2.24, 2.45) is 11.8 Å². The standard InChI is InChI=1S/C14H27N3O/c1-5-18-10-6-7-15-14-16-8-9-17(14)11-13(4)12(2)3/h8-9,12-13H,5-7,10-11H2,1-4H3,(H,15,16). The van der Waals surface area contributed by atoms with E-state index < -0.39 is 0 Å². The van der Waals surface area contributed by atoms with E-state index in [0.717, 1.165) is 38.7 Å². The molecular formula is C14H27N3O. The van der Waals surface area contributed by atoms with Crippen LogP contribution in [-0.2, 0) is 11.3 Å². The molecule has 1 heterocycles. The van der Waals surface area contributed by atoms with Gasteiger partial charge in [0.2, 0.25) is 5.95 Å². The first-order valence-corrected chi connectivity index (χ1v) is 6.97. The lowest BCUT2D eigenvalue weighted by molar-refractivity contribution is 0.147. The molecule has 18 heavy (non-hydrogen) atoms. The van der Waals surface area contributed by atoms with Crippen LogP contribution in [0.1, 0.15) is 34.1 Å². The second-order valence-electron chi connectivity index (χ2n) is 5.10. The van der Waals surface area contributed by atoms with E-state index in [0.29, 0.717) is 11.8 Å². The predicted octanol–water partition coefficient (Wildman–Crippen LogP) is 3.01. The van der Waals surface area contributed by atoms with E-state index in [1.54, 1.807) is 0 Å². The molecule has 4 nitrogen and oxygen atoms in total. The highest BCUT2D eigenvalue weighted by Gasteiger charge is 2.10. The van der Waals surface area contributed by atoms with Crippen LogP contribution >= 0.6 is 0 Å². The van der Waals surface area contributed by atoms with Gasteiger partial charge in [-0.25, -0.2) is 4.98 Å². The molecule has 0 amide bonds. The molecule has 0 spiro atoms. The summed E-state index contributed by atoms with van der Waals surface area (Å²) in [5.74, 6) is 2.32. The zero-order valence-electron chi connectivity index (χ0n) is 12.1. The summed E-state index contributed by atoms with van der Waals surface area (Å²) < 4.78 is 7.51. The molecule has 0 bridgehead atoms. The summed E-state index contributed by atoms with van der Waals surface area (Å²) in [5.41, 5.74) is 0. The third kappa shape index (κ3) is 5.08. The first kappa shape index (κ1) is 15.0. The number of hydrogen-bond donors (Lipinski definition) is 1. The van der Waals surface area contributed by atoms with Crippen LogP contribution in [0.5, 0.6) is 0 Å².